The Labute approximate surface area is 86.5 Å². The normalized spacial score (nSPS) is 13.1. The molecule has 1 N–H and O–H groups in total. The minimum Gasteiger partial charge on any atom is -0.314 e. The Balaban J connectivity index is 2.31. The molecule has 0 aliphatic carbocycles. The molecule has 14 heavy (non-hydrogen) atoms. The summed E-state index contributed by atoms with van der Waals surface area (Å²) < 4.78 is 1.86. The van der Waals surface area contributed by atoms with Crippen molar-refractivity contribution in [1.82, 2.24) is 15.1 Å². The average Bonchev–Trinajstić information content (AvgIpc) is 2.59. The Bertz CT molecular complexity index is 255. The van der Waals surface area contributed by atoms with Crippen LogP contribution >= 0.6 is 0 Å². The molecule has 0 radical (unpaired) electrons. The molecule has 1 unspecified atom stereocenters. The highest BCUT2D eigenvalue weighted by Crippen LogP contribution is 2.05. The Kier molecular flexibility index (Phi) is 4.66. The fraction of sp³-hybridized carbons (Fsp3) is 0.727. The zero-order chi connectivity index (χ0) is 10.4. The SMILES string of the molecule is CCNC(CC)CCc1cnn(C)c1. The van der Waals surface area contributed by atoms with E-state index in [-0.39, 0.29) is 0 Å². The molecule has 0 saturated heterocycles. The molecule has 1 rings (SSSR count). The van der Waals surface area contributed by atoms with Crippen molar-refractivity contribution in [3.63, 3.8) is 0 Å². The summed E-state index contributed by atoms with van der Waals surface area (Å²) in [7, 11) is 1.96. The van der Waals surface area contributed by atoms with E-state index in [1.54, 1.807) is 0 Å². The molecule has 3 heteroatoms. The first-order valence-electron chi connectivity index (χ1n) is 5.47. The third kappa shape index (κ3) is 3.50. The highest BCUT2D eigenvalue weighted by Gasteiger charge is 2.05. The summed E-state index contributed by atoms with van der Waals surface area (Å²) >= 11 is 0. The second-order valence-corrected chi connectivity index (χ2v) is 3.72. The van der Waals surface area contributed by atoms with Crippen LogP contribution in [-0.4, -0.2) is 22.4 Å². The van der Waals surface area contributed by atoms with Gasteiger partial charge in [0.25, 0.3) is 0 Å². The molecular formula is C11H21N3. The first-order valence-corrected chi connectivity index (χ1v) is 5.47. The minimum atomic E-state index is 0.653. The van der Waals surface area contributed by atoms with Gasteiger partial charge in [-0.25, -0.2) is 0 Å². The van der Waals surface area contributed by atoms with Gasteiger partial charge in [-0.05, 0) is 31.4 Å². The van der Waals surface area contributed by atoms with Gasteiger partial charge in [0.2, 0.25) is 0 Å². The maximum Gasteiger partial charge on any atom is 0.0521 e. The van der Waals surface area contributed by atoms with E-state index in [1.165, 1.54) is 18.4 Å². The molecule has 1 aromatic rings. The molecule has 1 heterocycles. The summed E-state index contributed by atoms with van der Waals surface area (Å²) in [5.74, 6) is 0. The van der Waals surface area contributed by atoms with Gasteiger partial charge in [0, 0.05) is 19.3 Å². The average molecular weight is 195 g/mol. The van der Waals surface area contributed by atoms with Crippen LogP contribution in [0.25, 0.3) is 0 Å². The standard InChI is InChI=1S/C11H21N3/c1-4-11(12-5-2)7-6-10-8-13-14(3)9-10/h8-9,11-12H,4-7H2,1-3H3. The third-order valence-electron chi connectivity index (χ3n) is 2.53. The van der Waals surface area contributed by atoms with Crippen LogP contribution in [0.15, 0.2) is 12.4 Å². The fourth-order valence-corrected chi connectivity index (χ4v) is 1.68. The van der Waals surface area contributed by atoms with Crippen molar-refractivity contribution in [2.75, 3.05) is 6.54 Å². The number of nitrogens with zero attached hydrogens (tertiary/aromatic N) is 2. The van der Waals surface area contributed by atoms with Crippen LogP contribution in [0, 0.1) is 0 Å². The van der Waals surface area contributed by atoms with Crippen molar-refractivity contribution in [1.29, 1.82) is 0 Å². The van der Waals surface area contributed by atoms with Crippen molar-refractivity contribution >= 4 is 0 Å². The van der Waals surface area contributed by atoms with Crippen LogP contribution in [0.3, 0.4) is 0 Å². The van der Waals surface area contributed by atoms with Gasteiger partial charge in [0.05, 0.1) is 6.20 Å². The van der Waals surface area contributed by atoms with Gasteiger partial charge in [-0.2, -0.15) is 5.10 Å². The lowest BCUT2D eigenvalue weighted by Crippen LogP contribution is -2.28. The molecule has 80 valence electrons. The third-order valence-corrected chi connectivity index (χ3v) is 2.53. The molecule has 3 nitrogen and oxygen atoms in total. The van der Waals surface area contributed by atoms with Crippen molar-refractivity contribution in [2.24, 2.45) is 7.05 Å². The lowest BCUT2D eigenvalue weighted by Gasteiger charge is -2.14. The van der Waals surface area contributed by atoms with E-state index in [4.69, 9.17) is 0 Å². The molecule has 0 spiro atoms. The van der Waals surface area contributed by atoms with Gasteiger partial charge in [-0.3, -0.25) is 4.68 Å². The summed E-state index contributed by atoms with van der Waals surface area (Å²) in [6.07, 6.45) is 7.58. The second kappa shape index (κ2) is 5.81. The summed E-state index contributed by atoms with van der Waals surface area (Å²) in [4.78, 5) is 0. The van der Waals surface area contributed by atoms with Gasteiger partial charge in [-0.15, -0.1) is 0 Å². The zero-order valence-electron chi connectivity index (χ0n) is 9.45. The number of aromatic nitrogens is 2. The van der Waals surface area contributed by atoms with E-state index in [0.717, 1.165) is 13.0 Å². The highest BCUT2D eigenvalue weighted by molar-refractivity contribution is 5.03. The highest BCUT2D eigenvalue weighted by atomic mass is 15.2. The number of nitrogens with one attached hydrogen (secondary N) is 1. The van der Waals surface area contributed by atoms with Crippen molar-refractivity contribution in [3.05, 3.63) is 18.0 Å². The van der Waals surface area contributed by atoms with E-state index < -0.39 is 0 Å². The molecule has 1 atom stereocenters. The lowest BCUT2D eigenvalue weighted by atomic mass is 10.1. The first kappa shape index (κ1) is 11.2. The molecule has 0 saturated carbocycles. The predicted octanol–water partition coefficient (Wildman–Crippen LogP) is 1.74. The topological polar surface area (TPSA) is 29.9 Å². The van der Waals surface area contributed by atoms with Crippen molar-refractivity contribution in [2.45, 2.75) is 39.2 Å². The molecule has 0 fully saturated rings. The first-order chi connectivity index (χ1) is 6.76. The Morgan fingerprint density at radius 3 is 2.79 bits per heavy atom. The van der Waals surface area contributed by atoms with E-state index in [9.17, 15) is 0 Å². The van der Waals surface area contributed by atoms with E-state index in [2.05, 4.69) is 30.5 Å². The van der Waals surface area contributed by atoms with Gasteiger partial charge in [-0.1, -0.05) is 13.8 Å². The minimum absolute atomic E-state index is 0.653. The molecule has 1 aromatic heterocycles. The molecule has 0 amide bonds. The number of hydrogen-bond donors (Lipinski definition) is 1. The van der Waals surface area contributed by atoms with Crippen LogP contribution in [0.5, 0.6) is 0 Å². The maximum atomic E-state index is 4.16. The van der Waals surface area contributed by atoms with Crippen molar-refractivity contribution < 1.29 is 0 Å². The number of rotatable bonds is 6. The van der Waals surface area contributed by atoms with Gasteiger partial charge < -0.3 is 5.32 Å². The molecule has 0 bridgehead atoms. The largest absolute Gasteiger partial charge is 0.314 e. The summed E-state index contributed by atoms with van der Waals surface area (Å²) in [5, 5.41) is 7.64. The van der Waals surface area contributed by atoms with E-state index in [1.807, 2.05) is 17.9 Å². The number of hydrogen-bond acceptors (Lipinski definition) is 2. The van der Waals surface area contributed by atoms with Crippen LogP contribution in [0.4, 0.5) is 0 Å². The summed E-state index contributed by atoms with van der Waals surface area (Å²) in [6.45, 7) is 5.45. The van der Waals surface area contributed by atoms with Crippen molar-refractivity contribution in [3.8, 4) is 0 Å². The lowest BCUT2D eigenvalue weighted by molar-refractivity contribution is 0.481. The molecule has 0 aromatic carbocycles. The quantitative estimate of drug-likeness (QED) is 0.749. The molecule has 0 aliphatic rings. The maximum absolute atomic E-state index is 4.16. The van der Waals surface area contributed by atoms with Gasteiger partial charge >= 0.3 is 0 Å². The Hall–Kier alpha value is -0.830. The van der Waals surface area contributed by atoms with Crippen LogP contribution < -0.4 is 5.32 Å². The number of aryl methyl sites for hydroxylation is 2. The van der Waals surface area contributed by atoms with E-state index in [0.29, 0.717) is 6.04 Å². The van der Waals surface area contributed by atoms with Gasteiger partial charge in [0.15, 0.2) is 0 Å². The predicted molar refractivity (Wildman–Crippen MR) is 59.3 cm³/mol. The van der Waals surface area contributed by atoms with E-state index >= 15 is 0 Å². The monoisotopic (exact) mass is 195 g/mol. The Morgan fingerprint density at radius 2 is 2.29 bits per heavy atom. The van der Waals surface area contributed by atoms with Gasteiger partial charge in [0.1, 0.15) is 0 Å². The summed E-state index contributed by atoms with van der Waals surface area (Å²) in [6, 6.07) is 0.653. The second-order valence-electron chi connectivity index (χ2n) is 3.72. The van der Waals surface area contributed by atoms with Crippen LogP contribution in [0.2, 0.25) is 0 Å². The Morgan fingerprint density at radius 1 is 1.50 bits per heavy atom. The smallest absolute Gasteiger partial charge is 0.0521 e. The van der Waals surface area contributed by atoms with Crippen LogP contribution in [-0.2, 0) is 13.5 Å². The summed E-state index contributed by atoms with van der Waals surface area (Å²) in [5.41, 5.74) is 1.34. The molecular weight excluding hydrogens is 174 g/mol. The molecule has 0 aliphatic heterocycles. The fourth-order valence-electron chi connectivity index (χ4n) is 1.68. The zero-order valence-corrected chi connectivity index (χ0v) is 9.45. The van der Waals surface area contributed by atoms with Crippen LogP contribution in [0.1, 0.15) is 32.3 Å².